The van der Waals surface area contributed by atoms with E-state index in [0.717, 1.165) is 31.5 Å². The van der Waals surface area contributed by atoms with Crippen molar-refractivity contribution in [3.63, 3.8) is 0 Å². The summed E-state index contributed by atoms with van der Waals surface area (Å²) < 4.78 is 26.3. The van der Waals surface area contributed by atoms with Crippen LogP contribution in [0.4, 0.5) is 8.78 Å². The highest BCUT2D eigenvalue weighted by Crippen LogP contribution is 2.33. The third-order valence-corrected chi connectivity index (χ3v) is 3.67. The van der Waals surface area contributed by atoms with Gasteiger partial charge in [-0.1, -0.05) is 6.07 Å². The number of nitrogens with zero attached hydrogens (tertiary/aromatic N) is 1. The number of hydrogen-bond acceptors (Lipinski definition) is 2. The first kappa shape index (κ1) is 12.5. The van der Waals surface area contributed by atoms with Crippen molar-refractivity contribution in [3.8, 4) is 0 Å². The average molecular weight is 240 g/mol. The molecule has 1 aliphatic rings. The van der Waals surface area contributed by atoms with Gasteiger partial charge in [-0.2, -0.15) is 0 Å². The lowest BCUT2D eigenvalue weighted by Crippen LogP contribution is -2.52. The van der Waals surface area contributed by atoms with Gasteiger partial charge in [-0.15, -0.1) is 0 Å². The quantitative estimate of drug-likeness (QED) is 0.851. The summed E-state index contributed by atoms with van der Waals surface area (Å²) in [5.74, 6) is -1.55. The highest BCUT2D eigenvalue weighted by atomic mass is 19.2. The van der Waals surface area contributed by atoms with Crippen molar-refractivity contribution < 1.29 is 8.78 Å². The predicted molar refractivity (Wildman–Crippen MR) is 63.8 cm³/mol. The maximum Gasteiger partial charge on any atom is 0.159 e. The van der Waals surface area contributed by atoms with Gasteiger partial charge in [-0.25, -0.2) is 8.78 Å². The second-order valence-electron chi connectivity index (χ2n) is 4.84. The number of rotatable bonds is 2. The fourth-order valence-corrected chi connectivity index (χ4v) is 2.56. The molecule has 0 saturated carbocycles. The first-order chi connectivity index (χ1) is 8.06. The van der Waals surface area contributed by atoms with Gasteiger partial charge in [0.05, 0.1) is 5.54 Å². The maximum absolute atomic E-state index is 13.4. The van der Waals surface area contributed by atoms with Crippen LogP contribution >= 0.6 is 0 Å². The minimum Gasteiger partial charge on any atom is -0.315 e. The number of benzene rings is 1. The van der Waals surface area contributed by atoms with E-state index in [4.69, 9.17) is 0 Å². The third-order valence-electron chi connectivity index (χ3n) is 3.67. The highest BCUT2D eigenvalue weighted by molar-refractivity contribution is 5.27. The molecule has 17 heavy (non-hydrogen) atoms. The second kappa shape index (κ2) is 4.70. The Kier molecular flexibility index (Phi) is 3.45. The van der Waals surface area contributed by atoms with E-state index < -0.39 is 11.6 Å². The Morgan fingerprint density at radius 1 is 1.24 bits per heavy atom. The molecule has 0 spiro atoms. The van der Waals surface area contributed by atoms with E-state index in [1.54, 1.807) is 6.07 Å². The highest BCUT2D eigenvalue weighted by Gasteiger charge is 2.36. The summed E-state index contributed by atoms with van der Waals surface area (Å²) in [7, 11) is 3.96. The summed E-state index contributed by atoms with van der Waals surface area (Å²) in [4.78, 5) is 2.09. The Bertz CT molecular complexity index is 398. The Morgan fingerprint density at radius 3 is 2.53 bits per heavy atom. The van der Waals surface area contributed by atoms with E-state index in [1.165, 1.54) is 12.1 Å². The number of halogens is 2. The maximum atomic E-state index is 13.4. The molecule has 2 nitrogen and oxygen atoms in total. The van der Waals surface area contributed by atoms with Gasteiger partial charge in [0.15, 0.2) is 11.6 Å². The fourth-order valence-electron chi connectivity index (χ4n) is 2.56. The average Bonchev–Trinajstić information content (AvgIpc) is 2.33. The van der Waals surface area contributed by atoms with Crippen molar-refractivity contribution in [3.05, 3.63) is 35.4 Å². The van der Waals surface area contributed by atoms with Crippen molar-refractivity contribution in [2.24, 2.45) is 0 Å². The minimum absolute atomic E-state index is 0.229. The Labute approximate surface area is 101 Å². The van der Waals surface area contributed by atoms with Gasteiger partial charge in [0.1, 0.15) is 0 Å². The molecular formula is C13H18F2N2. The van der Waals surface area contributed by atoms with E-state index in [-0.39, 0.29) is 5.54 Å². The lowest BCUT2D eigenvalue weighted by atomic mass is 9.82. The molecule has 1 aliphatic heterocycles. The molecule has 94 valence electrons. The first-order valence-electron chi connectivity index (χ1n) is 5.90. The van der Waals surface area contributed by atoms with Crippen molar-refractivity contribution in [2.75, 3.05) is 27.2 Å². The van der Waals surface area contributed by atoms with Crippen LogP contribution in [0, 0.1) is 11.6 Å². The summed E-state index contributed by atoms with van der Waals surface area (Å²) in [6.07, 6.45) is 2.00. The van der Waals surface area contributed by atoms with Crippen molar-refractivity contribution in [1.29, 1.82) is 0 Å². The molecule has 0 aromatic heterocycles. The molecule has 1 saturated heterocycles. The fraction of sp³-hybridized carbons (Fsp3) is 0.538. The summed E-state index contributed by atoms with van der Waals surface area (Å²) in [5.41, 5.74) is 0.612. The number of piperidine rings is 1. The monoisotopic (exact) mass is 240 g/mol. The number of nitrogens with one attached hydrogen (secondary N) is 1. The van der Waals surface area contributed by atoms with Crippen LogP contribution in [-0.2, 0) is 5.54 Å². The van der Waals surface area contributed by atoms with Crippen LogP contribution in [0.25, 0.3) is 0 Å². The molecule has 0 radical (unpaired) electrons. The van der Waals surface area contributed by atoms with E-state index in [2.05, 4.69) is 10.2 Å². The zero-order valence-electron chi connectivity index (χ0n) is 10.3. The van der Waals surface area contributed by atoms with Gasteiger partial charge in [-0.3, -0.25) is 4.90 Å². The van der Waals surface area contributed by atoms with Gasteiger partial charge < -0.3 is 5.32 Å². The van der Waals surface area contributed by atoms with Crippen LogP contribution in [0.5, 0.6) is 0 Å². The van der Waals surface area contributed by atoms with Crippen LogP contribution < -0.4 is 5.32 Å². The van der Waals surface area contributed by atoms with Crippen molar-refractivity contribution >= 4 is 0 Å². The predicted octanol–water partition coefficient (Wildman–Crippen LogP) is 2.11. The van der Waals surface area contributed by atoms with Crippen molar-refractivity contribution in [2.45, 2.75) is 18.4 Å². The SMILES string of the molecule is CN(C)C1(c2ccc(F)c(F)c2)CCCNC1. The lowest BCUT2D eigenvalue weighted by molar-refractivity contribution is 0.113. The Hall–Kier alpha value is -1.00. The van der Waals surface area contributed by atoms with Crippen LogP contribution in [0.3, 0.4) is 0 Å². The lowest BCUT2D eigenvalue weighted by Gasteiger charge is -2.43. The molecule has 1 aromatic carbocycles. The standard InChI is InChI=1S/C13H18F2N2/c1-17(2)13(6-3-7-16-9-13)10-4-5-11(14)12(15)8-10/h4-5,8,16H,3,6-7,9H2,1-2H3. The smallest absolute Gasteiger partial charge is 0.159 e. The molecule has 2 rings (SSSR count). The molecule has 0 amide bonds. The summed E-state index contributed by atoms with van der Waals surface area (Å²) in [5, 5.41) is 3.33. The van der Waals surface area contributed by atoms with E-state index in [0.29, 0.717) is 0 Å². The van der Waals surface area contributed by atoms with Gasteiger partial charge in [0.25, 0.3) is 0 Å². The summed E-state index contributed by atoms with van der Waals surface area (Å²) in [6.45, 7) is 1.75. The molecule has 1 unspecified atom stereocenters. The largest absolute Gasteiger partial charge is 0.315 e. The zero-order chi connectivity index (χ0) is 12.5. The van der Waals surface area contributed by atoms with Crippen LogP contribution in [-0.4, -0.2) is 32.1 Å². The number of likely N-dealkylation sites (N-methyl/N-ethyl adjacent to an activating group) is 1. The second-order valence-corrected chi connectivity index (χ2v) is 4.84. The molecular weight excluding hydrogens is 222 g/mol. The zero-order valence-corrected chi connectivity index (χ0v) is 10.3. The summed E-state index contributed by atoms with van der Waals surface area (Å²) >= 11 is 0. The van der Waals surface area contributed by atoms with Gasteiger partial charge in [0, 0.05) is 6.54 Å². The molecule has 1 N–H and O–H groups in total. The van der Waals surface area contributed by atoms with Gasteiger partial charge in [0.2, 0.25) is 0 Å². The minimum atomic E-state index is -0.786. The Balaban J connectivity index is 2.41. The number of hydrogen-bond donors (Lipinski definition) is 1. The topological polar surface area (TPSA) is 15.3 Å². The van der Waals surface area contributed by atoms with E-state index >= 15 is 0 Å². The molecule has 1 fully saturated rings. The van der Waals surface area contributed by atoms with Crippen LogP contribution in [0.15, 0.2) is 18.2 Å². The van der Waals surface area contributed by atoms with Crippen molar-refractivity contribution in [1.82, 2.24) is 10.2 Å². The molecule has 1 atom stereocenters. The van der Waals surface area contributed by atoms with Gasteiger partial charge in [-0.05, 0) is 51.2 Å². The van der Waals surface area contributed by atoms with E-state index in [1.807, 2.05) is 14.1 Å². The molecule has 4 heteroatoms. The van der Waals surface area contributed by atoms with Crippen LogP contribution in [0.1, 0.15) is 18.4 Å². The Morgan fingerprint density at radius 2 is 2.00 bits per heavy atom. The third kappa shape index (κ3) is 2.19. The van der Waals surface area contributed by atoms with Crippen LogP contribution in [0.2, 0.25) is 0 Å². The molecule has 0 aliphatic carbocycles. The molecule has 1 heterocycles. The normalized spacial score (nSPS) is 25.2. The molecule has 0 bridgehead atoms. The van der Waals surface area contributed by atoms with Gasteiger partial charge >= 0.3 is 0 Å². The first-order valence-corrected chi connectivity index (χ1v) is 5.90. The molecule has 1 aromatic rings. The summed E-state index contributed by atoms with van der Waals surface area (Å²) in [6, 6.07) is 4.22. The van der Waals surface area contributed by atoms with E-state index in [9.17, 15) is 8.78 Å².